The van der Waals surface area contributed by atoms with Crippen LogP contribution in [0.1, 0.15) is 30.7 Å². The molecule has 0 saturated carbocycles. The minimum absolute atomic E-state index is 0.0411. The van der Waals surface area contributed by atoms with Crippen LogP contribution in [0.2, 0.25) is 10.0 Å². The molecular weight excluding hydrogens is 299 g/mol. The monoisotopic (exact) mass is 314 g/mol. The second-order valence-corrected chi connectivity index (χ2v) is 6.25. The third kappa shape index (κ3) is 2.43. The predicted molar refractivity (Wildman–Crippen MR) is 77.2 cm³/mol. The molecule has 108 valence electrons. The quantitative estimate of drug-likeness (QED) is 0.778. The molecule has 5 heteroatoms. The van der Waals surface area contributed by atoms with E-state index in [1.807, 2.05) is 12.1 Å². The van der Waals surface area contributed by atoms with Crippen molar-refractivity contribution in [2.75, 3.05) is 7.11 Å². The van der Waals surface area contributed by atoms with Crippen LogP contribution in [0.25, 0.3) is 0 Å². The van der Waals surface area contributed by atoms with E-state index in [0.717, 1.165) is 24.8 Å². The van der Waals surface area contributed by atoms with Crippen LogP contribution in [0, 0.1) is 5.92 Å². The predicted octanol–water partition coefficient (Wildman–Crippen LogP) is 3.82. The van der Waals surface area contributed by atoms with Crippen LogP contribution in [-0.2, 0) is 14.3 Å². The number of halogens is 2. The molecule has 0 aliphatic carbocycles. The molecule has 2 fully saturated rings. The SMILES string of the molecule is COC(=O)[C@@H]1[C@@H]2CC[C@H](C[C@@H]1c1ccc(Cl)c(Cl)c1)O2. The zero-order chi connectivity index (χ0) is 14.3. The molecule has 0 unspecified atom stereocenters. The number of rotatable bonds is 2. The Morgan fingerprint density at radius 2 is 2.10 bits per heavy atom. The molecule has 1 aromatic carbocycles. The fourth-order valence-electron chi connectivity index (χ4n) is 3.40. The van der Waals surface area contributed by atoms with Gasteiger partial charge in [-0.05, 0) is 37.0 Å². The Bertz CT molecular complexity index is 532. The van der Waals surface area contributed by atoms with Gasteiger partial charge >= 0.3 is 5.97 Å². The molecule has 0 N–H and O–H groups in total. The van der Waals surface area contributed by atoms with Crippen molar-refractivity contribution in [3.63, 3.8) is 0 Å². The van der Waals surface area contributed by atoms with E-state index in [1.165, 1.54) is 7.11 Å². The van der Waals surface area contributed by atoms with Gasteiger partial charge in [0.1, 0.15) is 0 Å². The van der Waals surface area contributed by atoms with Crippen molar-refractivity contribution in [2.24, 2.45) is 5.92 Å². The zero-order valence-electron chi connectivity index (χ0n) is 11.1. The van der Waals surface area contributed by atoms with Gasteiger partial charge in [0.25, 0.3) is 0 Å². The van der Waals surface area contributed by atoms with Crippen LogP contribution in [0.3, 0.4) is 0 Å². The topological polar surface area (TPSA) is 35.5 Å². The Morgan fingerprint density at radius 3 is 2.80 bits per heavy atom. The third-order valence-corrected chi connectivity index (χ3v) is 5.08. The highest BCUT2D eigenvalue weighted by Gasteiger charge is 2.47. The van der Waals surface area contributed by atoms with E-state index in [9.17, 15) is 4.79 Å². The van der Waals surface area contributed by atoms with Crippen LogP contribution >= 0.6 is 23.2 Å². The van der Waals surface area contributed by atoms with E-state index in [4.69, 9.17) is 32.7 Å². The molecule has 2 aliphatic heterocycles. The van der Waals surface area contributed by atoms with E-state index in [0.29, 0.717) is 10.0 Å². The van der Waals surface area contributed by atoms with Crippen molar-refractivity contribution in [3.05, 3.63) is 33.8 Å². The van der Waals surface area contributed by atoms with Gasteiger partial charge in [0, 0.05) is 5.92 Å². The number of esters is 1. The van der Waals surface area contributed by atoms with Crippen LogP contribution in [0.4, 0.5) is 0 Å². The molecule has 0 radical (unpaired) electrons. The number of fused-ring (bicyclic) bond motifs is 2. The second-order valence-electron chi connectivity index (χ2n) is 5.44. The highest BCUT2D eigenvalue weighted by atomic mass is 35.5. The lowest BCUT2D eigenvalue weighted by molar-refractivity contribution is -0.156. The molecule has 2 heterocycles. The van der Waals surface area contributed by atoms with Crippen molar-refractivity contribution < 1.29 is 14.3 Å². The number of carbonyl (C=O) groups is 1. The summed E-state index contributed by atoms with van der Waals surface area (Å²) in [6.45, 7) is 0. The molecule has 3 rings (SSSR count). The molecule has 0 spiro atoms. The number of benzene rings is 1. The summed E-state index contributed by atoms with van der Waals surface area (Å²) < 4.78 is 10.8. The summed E-state index contributed by atoms with van der Waals surface area (Å²) in [6, 6.07) is 5.58. The van der Waals surface area contributed by atoms with Gasteiger partial charge in [-0.15, -0.1) is 0 Å². The van der Waals surface area contributed by atoms with Gasteiger partial charge in [0.2, 0.25) is 0 Å². The van der Waals surface area contributed by atoms with Crippen LogP contribution in [0.15, 0.2) is 18.2 Å². The van der Waals surface area contributed by atoms with Gasteiger partial charge in [-0.3, -0.25) is 4.79 Å². The molecule has 1 aromatic rings. The first kappa shape index (κ1) is 14.2. The maximum absolute atomic E-state index is 12.1. The molecule has 0 amide bonds. The third-order valence-electron chi connectivity index (χ3n) is 4.34. The number of carbonyl (C=O) groups excluding carboxylic acids is 1. The molecule has 20 heavy (non-hydrogen) atoms. The Morgan fingerprint density at radius 1 is 1.30 bits per heavy atom. The van der Waals surface area contributed by atoms with Gasteiger partial charge in [0.05, 0.1) is 35.3 Å². The average Bonchev–Trinajstić information content (AvgIpc) is 2.82. The first-order valence-corrected chi connectivity index (χ1v) is 7.54. The van der Waals surface area contributed by atoms with Crippen molar-refractivity contribution in [2.45, 2.75) is 37.4 Å². The Hall–Kier alpha value is -0.770. The van der Waals surface area contributed by atoms with Crippen molar-refractivity contribution >= 4 is 29.2 Å². The molecule has 2 saturated heterocycles. The van der Waals surface area contributed by atoms with Gasteiger partial charge in [-0.25, -0.2) is 0 Å². The summed E-state index contributed by atoms with van der Waals surface area (Å²) in [4.78, 5) is 12.1. The molecule has 2 aliphatic rings. The van der Waals surface area contributed by atoms with Gasteiger partial charge in [-0.1, -0.05) is 29.3 Å². The number of methoxy groups -OCH3 is 1. The molecule has 2 bridgehead atoms. The van der Waals surface area contributed by atoms with Crippen molar-refractivity contribution in [1.29, 1.82) is 0 Å². The minimum atomic E-state index is -0.254. The minimum Gasteiger partial charge on any atom is -0.469 e. The fourth-order valence-corrected chi connectivity index (χ4v) is 3.71. The molecule has 3 nitrogen and oxygen atoms in total. The van der Waals surface area contributed by atoms with Crippen LogP contribution in [-0.4, -0.2) is 25.3 Å². The summed E-state index contributed by atoms with van der Waals surface area (Å²) in [5, 5.41) is 1.05. The summed E-state index contributed by atoms with van der Waals surface area (Å²) >= 11 is 12.1. The van der Waals surface area contributed by atoms with E-state index >= 15 is 0 Å². The van der Waals surface area contributed by atoms with E-state index in [2.05, 4.69) is 0 Å². The van der Waals surface area contributed by atoms with Crippen molar-refractivity contribution in [3.8, 4) is 0 Å². The number of hydrogen-bond acceptors (Lipinski definition) is 3. The summed E-state index contributed by atoms with van der Waals surface area (Å²) in [5.74, 6) is -0.370. The molecule has 4 atom stereocenters. The Balaban J connectivity index is 1.96. The lowest BCUT2D eigenvalue weighted by Gasteiger charge is -2.35. The fraction of sp³-hybridized carbons (Fsp3) is 0.533. The first-order chi connectivity index (χ1) is 9.60. The summed E-state index contributed by atoms with van der Waals surface area (Å²) in [6.07, 6.45) is 2.95. The summed E-state index contributed by atoms with van der Waals surface area (Å²) in [7, 11) is 1.43. The smallest absolute Gasteiger partial charge is 0.311 e. The number of hydrogen-bond donors (Lipinski definition) is 0. The highest BCUT2D eigenvalue weighted by molar-refractivity contribution is 6.42. The number of ether oxygens (including phenoxy) is 2. The average molecular weight is 315 g/mol. The van der Waals surface area contributed by atoms with Crippen molar-refractivity contribution in [1.82, 2.24) is 0 Å². The Labute approximate surface area is 128 Å². The van der Waals surface area contributed by atoms with Gasteiger partial charge < -0.3 is 9.47 Å². The second kappa shape index (κ2) is 5.55. The lowest BCUT2D eigenvalue weighted by atomic mass is 9.79. The maximum atomic E-state index is 12.1. The van der Waals surface area contributed by atoms with E-state index in [1.54, 1.807) is 6.07 Å². The first-order valence-electron chi connectivity index (χ1n) is 6.78. The highest BCUT2D eigenvalue weighted by Crippen LogP contribution is 2.46. The molecule has 0 aromatic heterocycles. The van der Waals surface area contributed by atoms with E-state index in [-0.39, 0.29) is 30.0 Å². The van der Waals surface area contributed by atoms with Crippen LogP contribution in [0.5, 0.6) is 0 Å². The van der Waals surface area contributed by atoms with Gasteiger partial charge in [-0.2, -0.15) is 0 Å². The molecular formula is C15H16Cl2O3. The van der Waals surface area contributed by atoms with Crippen LogP contribution < -0.4 is 0 Å². The standard InChI is InChI=1S/C15H16Cl2O3/c1-19-15(18)14-10(7-9-3-5-13(14)20-9)8-2-4-11(16)12(17)6-8/h2,4,6,9-10,13-14H,3,5,7H2,1H3/t9-,10-,13+,14+/m1/s1. The summed E-state index contributed by atoms with van der Waals surface area (Å²) in [5.41, 5.74) is 1.04. The lowest BCUT2D eigenvalue weighted by Crippen LogP contribution is -2.39. The van der Waals surface area contributed by atoms with E-state index < -0.39 is 0 Å². The van der Waals surface area contributed by atoms with Gasteiger partial charge in [0.15, 0.2) is 0 Å². The zero-order valence-corrected chi connectivity index (χ0v) is 12.7. The largest absolute Gasteiger partial charge is 0.469 e. The normalized spacial score (nSPS) is 32.1. The Kier molecular flexibility index (Phi) is 3.93. The maximum Gasteiger partial charge on any atom is 0.311 e.